The largest absolute Gasteiger partial charge is 0.374 e. The van der Waals surface area contributed by atoms with E-state index < -0.39 is 0 Å². The van der Waals surface area contributed by atoms with Crippen LogP contribution in [0.2, 0.25) is 0 Å². The maximum atomic E-state index is 5.62. The van der Waals surface area contributed by atoms with Gasteiger partial charge in [-0.3, -0.25) is 0 Å². The predicted molar refractivity (Wildman–Crippen MR) is 70.4 cm³/mol. The van der Waals surface area contributed by atoms with Gasteiger partial charge in [-0.05, 0) is 25.5 Å². The van der Waals surface area contributed by atoms with Gasteiger partial charge in [0.25, 0.3) is 0 Å². The highest BCUT2D eigenvalue weighted by molar-refractivity contribution is 5.22. The van der Waals surface area contributed by atoms with Crippen LogP contribution in [0.3, 0.4) is 0 Å². The Morgan fingerprint density at radius 1 is 1.47 bits per heavy atom. The minimum atomic E-state index is 0.334. The zero-order valence-corrected chi connectivity index (χ0v) is 10.5. The van der Waals surface area contributed by atoms with Crippen molar-refractivity contribution < 1.29 is 4.74 Å². The third-order valence-corrected chi connectivity index (χ3v) is 3.05. The number of hydrogen-bond acceptors (Lipinski definition) is 3. The molecular formula is C14H22N2O. The first kappa shape index (κ1) is 12.6. The third kappa shape index (κ3) is 4.46. The molecule has 2 N–H and O–H groups in total. The molecule has 1 saturated heterocycles. The Hall–Kier alpha value is -0.900. The number of aryl methyl sites for hydroxylation is 1. The fourth-order valence-corrected chi connectivity index (χ4v) is 2.11. The number of nitrogens with one attached hydrogen (secondary N) is 2. The Morgan fingerprint density at radius 3 is 3.18 bits per heavy atom. The van der Waals surface area contributed by atoms with Crippen LogP contribution >= 0.6 is 0 Å². The van der Waals surface area contributed by atoms with Crippen molar-refractivity contribution in [1.82, 2.24) is 10.6 Å². The Kier molecular flexibility index (Phi) is 4.98. The minimum Gasteiger partial charge on any atom is -0.374 e. The molecule has 1 unspecified atom stereocenters. The summed E-state index contributed by atoms with van der Waals surface area (Å²) in [7, 11) is 0. The van der Waals surface area contributed by atoms with E-state index in [-0.39, 0.29) is 0 Å². The van der Waals surface area contributed by atoms with Gasteiger partial charge in [0.15, 0.2) is 0 Å². The zero-order valence-electron chi connectivity index (χ0n) is 10.5. The van der Waals surface area contributed by atoms with Crippen molar-refractivity contribution >= 4 is 0 Å². The summed E-state index contributed by atoms with van der Waals surface area (Å²) in [5, 5.41) is 6.79. The first-order valence-corrected chi connectivity index (χ1v) is 6.43. The third-order valence-electron chi connectivity index (χ3n) is 3.05. The normalized spacial score (nSPS) is 20.4. The first-order valence-electron chi connectivity index (χ1n) is 6.43. The van der Waals surface area contributed by atoms with E-state index in [4.69, 9.17) is 4.74 Å². The van der Waals surface area contributed by atoms with E-state index in [1.54, 1.807) is 0 Å². The van der Waals surface area contributed by atoms with Crippen LogP contribution in [0, 0.1) is 6.92 Å². The molecule has 94 valence electrons. The molecule has 1 aliphatic rings. The molecule has 0 spiro atoms. The summed E-state index contributed by atoms with van der Waals surface area (Å²) >= 11 is 0. The fourth-order valence-electron chi connectivity index (χ4n) is 2.11. The van der Waals surface area contributed by atoms with E-state index in [1.807, 2.05) is 0 Å². The van der Waals surface area contributed by atoms with Crippen molar-refractivity contribution in [2.24, 2.45) is 0 Å². The molecule has 0 aromatic heterocycles. The van der Waals surface area contributed by atoms with Crippen LogP contribution in [0.25, 0.3) is 0 Å². The smallest absolute Gasteiger partial charge is 0.0824 e. The predicted octanol–water partition coefficient (Wildman–Crippen LogP) is 1.12. The second kappa shape index (κ2) is 6.74. The summed E-state index contributed by atoms with van der Waals surface area (Å²) in [5.41, 5.74) is 2.74. The summed E-state index contributed by atoms with van der Waals surface area (Å²) in [6.45, 7) is 6.89. The lowest BCUT2D eigenvalue weighted by Crippen LogP contribution is -2.44. The van der Waals surface area contributed by atoms with Gasteiger partial charge in [0.1, 0.15) is 0 Å². The van der Waals surface area contributed by atoms with E-state index >= 15 is 0 Å². The summed E-state index contributed by atoms with van der Waals surface area (Å²) in [5.74, 6) is 0. The highest BCUT2D eigenvalue weighted by Gasteiger charge is 2.11. The summed E-state index contributed by atoms with van der Waals surface area (Å²) in [4.78, 5) is 0. The van der Waals surface area contributed by atoms with Gasteiger partial charge in [0.05, 0.1) is 12.7 Å². The molecule has 0 amide bonds. The van der Waals surface area contributed by atoms with Crippen molar-refractivity contribution in [2.45, 2.75) is 19.4 Å². The van der Waals surface area contributed by atoms with Gasteiger partial charge < -0.3 is 15.4 Å². The Balaban J connectivity index is 1.62. The SMILES string of the molecule is Cc1cccc(CCNCC2CNCCO2)c1. The summed E-state index contributed by atoms with van der Waals surface area (Å²) in [6.07, 6.45) is 1.42. The molecule has 0 bridgehead atoms. The van der Waals surface area contributed by atoms with Crippen molar-refractivity contribution in [3.63, 3.8) is 0 Å². The van der Waals surface area contributed by atoms with E-state index in [1.165, 1.54) is 11.1 Å². The lowest BCUT2D eigenvalue weighted by atomic mass is 10.1. The van der Waals surface area contributed by atoms with E-state index in [0.29, 0.717) is 6.10 Å². The molecule has 3 heteroatoms. The molecule has 2 rings (SSSR count). The van der Waals surface area contributed by atoms with Crippen molar-refractivity contribution in [1.29, 1.82) is 0 Å². The molecule has 1 aromatic carbocycles. The van der Waals surface area contributed by atoms with Crippen molar-refractivity contribution in [3.05, 3.63) is 35.4 Å². The molecule has 0 saturated carbocycles. The lowest BCUT2D eigenvalue weighted by molar-refractivity contribution is 0.0294. The van der Waals surface area contributed by atoms with Crippen molar-refractivity contribution in [3.8, 4) is 0 Å². The number of morpholine rings is 1. The van der Waals surface area contributed by atoms with Crippen LogP contribution in [0.5, 0.6) is 0 Å². The highest BCUT2D eigenvalue weighted by atomic mass is 16.5. The molecule has 1 atom stereocenters. The number of hydrogen-bond donors (Lipinski definition) is 2. The van der Waals surface area contributed by atoms with Crippen molar-refractivity contribution in [2.75, 3.05) is 32.8 Å². The van der Waals surface area contributed by atoms with Crippen LogP contribution in [0.4, 0.5) is 0 Å². The molecule has 3 nitrogen and oxygen atoms in total. The van der Waals surface area contributed by atoms with Crippen LogP contribution in [0.1, 0.15) is 11.1 Å². The van der Waals surface area contributed by atoms with Gasteiger partial charge in [0, 0.05) is 19.6 Å². The van der Waals surface area contributed by atoms with E-state index in [0.717, 1.165) is 39.2 Å². The quantitative estimate of drug-likeness (QED) is 0.749. The van der Waals surface area contributed by atoms with Gasteiger partial charge in [0.2, 0.25) is 0 Å². The molecule has 1 heterocycles. The van der Waals surface area contributed by atoms with Crippen LogP contribution in [0.15, 0.2) is 24.3 Å². The average molecular weight is 234 g/mol. The number of rotatable bonds is 5. The standard InChI is InChI=1S/C14H22N2O/c1-12-3-2-4-13(9-12)5-6-15-10-14-11-16-7-8-17-14/h2-4,9,14-16H,5-8,10-11H2,1H3. The number of benzene rings is 1. The van der Waals surface area contributed by atoms with Gasteiger partial charge >= 0.3 is 0 Å². The van der Waals surface area contributed by atoms with Crippen LogP contribution < -0.4 is 10.6 Å². The van der Waals surface area contributed by atoms with E-state index in [9.17, 15) is 0 Å². The molecular weight excluding hydrogens is 212 g/mol. The van der Waals surface area contributed by atoms with E-state index in [2.05, 4.69) is 41.8 Å². The second-order valence-corrected chi connectivity index (χ2v) is 4.64. The van der Waals surface area contributed by atoms with Crippen LogP contribution in [-0.2, 0) is 11.2 Å². The Bertz CT molecular complexity index is 335. The highest BCUT2D eigenvalue weighted by Crippen LogP contribution is 2.04. The molecule has 1 aliphatic heterocycles. The first-order chi connectivity index (χ1) is 8.34. The van der Waals surface area contributed by atoms with Crippen LogP contribution in [-0.4, -0.2) is 38.9 Å². The van der Waals surface area contributed by atoms with Gasteiger partial charge in [-0.25, -0.2) is 0 Å². The fraction of sp³-hybridized carbons (Fsp3) is 0.571. The average Bonchev–Trinajstić information content (AvgIpc) is 2.36. The summed E-state index contributed by atoms with van der Waals surface area (Å²) < 4.78 is 5.62. The molecule has 17 heavy (non-hydrogen) atoms. The molecule has 1 aromatic rings. The maximum absolute atomic E-state index is 5.62. The molecule has 1 fully saturated rings. The second-order valence-electron chi connectivity index (χ2n) is 4.64. The maximum Gasteiger partial charge on any atom is 0.0824 e. The number of ether oxygens (including phenoxy) is 1. The monoisotopic (exact) mass is 234 g/mol. The molecule has 0 radical (unpaired) electrons. The van der Waals surface area contributed by atoms with Gasteiger partial charge in [-0.1, -0.05) is 29.8 Å². The Morgan fingerprint density at radius 2 is 2.41 bits per heavy atom. The minimum absolute atomic E-state index is 0.334. The zero-order chi connectivity index (χ0) is 11.9. The topological polar surface area (TPSA) is 33.3 Å². The summed E-state index contributed by atoms with van der Waals surface area (Å²) in [6, 6.07) is 8.70. The lowest BCUT2D eigenvalue weighted by Gasteiger charge is -2.23. The molecule has 0 aliphatic carbocycles. The van der Waals surface area contributed by atoms with Gasteiger partial charge in [-0.2, -0.15) is 0 Å². The Labute approximate surface area is 104 Å². The van der Waals surface area contributed by atoms with Gasteiger partial charge in [-0.15, -0.1) is 0 Å².